The average Bonchev–Trinajstić information content (AvgIpc) is 3.22. The molecule has 8 unspecified atom stereocenters. The Labute approximate surface area is 323 Å². The van der Waals surface area contributed by atoms with Crippen LogP contribution in [-0.2, 0) is 28.4 Å². The Morgan fingerprint density at radius 2 is 1.02 bits per heavy atom. The standard InChI is InChI=1S/C36H70O19/c1-19(39)9-32(10-20(2)40,50-15-24(6)44)36(54-31-30(49)29(48)28(47)27(14-37)53-31)35(13-23(5)43,52-17-26(8)46)34(12-22(4)42,51-16-25(7)45)33(18-38,55-36)11-21(3)41/h19-31,37-49H,9-18H2,1-8H3/t19?,20?,21?,22?,23?,24?,25?,26?,27-,28-,29+,30-,31-,32?,33-,34-,35+,36-/m1/s1. The van der Waals surface area contributed by atoms with Gasteiger partial charge in [-0.15, -0.1) is 0 Å². The minimum absolute atomic E-state index is 0.578. The SMILES string of the molecule is CC(O)COC(CC(C)O)(CC(C)O)[C@@]1(O[C@H]2O[C@H](CO)[C@@H](O)[C@H](O)[C@H]2O)O[C@@](CO)(CC(C)O)[C@@](CC(C)O)(OCC(C)O)[C@]1(CC(C)O)OCC(C)O. The maximum Gasteiger partial charge on any atom is 0.234 e. The van der Waals surface area contributed by atoms with E-state index in [4.69, 9.17) is 28.4 Å². The normalized spacial score (nSPS) is 38.5. The first kappa shape index (κ1) is 50.4. The van der Waals surface area contributed by atoms with Crippen molar-refractivity contribution in [3.8, 4) is 0 Å². The van der Waals surface area contributed by atoms with Gasteiger partial charge in [0.1, 0.15) is 41.2 Å². The summed E-state index contributed by atoms with van der Waals surface area (Å²) in [5.41, 5.74) is -9.82. The van der Waals surface area contributed by atoms with Gasteiger partial charge >= 0.3 is 0 Å². The highest BCUT2D eigenvalue weighted by Gasteiger charge is 2.87. The van der Waals surface area contributed by atoms with Crippen molar-refractivity contribution in [1.29, 1.82) is 0 Å². The summed E-state index contributed by atoms with van der Waals surface area (Å²) in [6.45, 7) is 6.95. The maximum atomic E-state index is 11.7. The lowest BCUT2D eigenvalue weighted by Gasteiger charge is -2.60. The molecule has 0 aromatic rings. The van der Waals surface area contributed by atoms with Gasteiger partial charge in [-0.25, -0.2) is 0 Å². The summed E-state index contributed by atoms with van der Waals surface area (Å²) in [5.74, 6) is -2.98. The van der Waals surface area contributed by atoms with Crippen LogP contribution in [0.2, 0.25) is 0 Å². The largest absolute Gasteiger partial charge is 0.394 e. The van der Waals surface area contributed by atoms with Gasteiger partial charge in [-0.3, -0.25) is 0 Å². The van der Waals surface area contributed by atoms with Crippen molar-refractivity contribution in [3.63, 3.8) is 0 Å². The predicted molar refractivity (Wildman–Crippen MR) is 191 cm³/mol. The molecule has 2 saturated heterocycles. The molecule has 19 heteroatoms. The molecule has 2 heterocycles. The summed E-state index contributed by atoms with van der Waals surface area (Å²) in [6, 6.07) is 0. The van der Waals surface area contributed by atoms with Crippen LogP contribution in [0.5, 0.6) is 0 Å². The molecule has 328 valence electrons. The van der Waals surface area contributed by atoms with Crippen molar-refractivity contribution in [2.45, 2.75) is 195 Å². The Bertz CT molecular complexity index is 1110. The van der Waals surface area contributed by atoms with Gasteiger partial charge in [-0.2, -0.15) is 0 Å². The van der Waals surface area contributed by atoms with Crippen LogP contribution < -0.4 is 0 Å². The van der Waals surface area contributed by atoms with Crippen LogP contribution in [0.15, 0.2) is 0 Å². The summed E-state index contributed by atoms with van der Waals surface area (Å²) in [7, 11) is 0. The zero-order chi connectivity index (χ0) is 42.3. The van der Waals surface area contributed by atoms with E-state index in [1.165, 1.54) is 55.4 Å². The molecule has 13 N–H and O–H groups in total. The second-order valence-corrected chi connectivity index (χ2v) is 16.1. The van der Waals surface area contributed by atoms with E-state index in [9.17, 15) is 66.4 Å². The predicted octanol–water partition coefficient (Wildman–Crippen LogP) is -3.48. The Kier molecular flexibility index (Phi) is 18.8. The lowest BCUT2D eigenvalue weighted by atomic mass is 9.60. The van der Waals surface area contributed by atoms with Gasteiger partial charge in [0.2, 0.25) is 5.79 Å². The van der Waals surface area contributed by atoms with E-state index in [0.29, 0.717) is 0 Å². The molecule has 55 heavy (non-hydrogen) atoms. The summed E-state index contributed by atoms with van der Waals surface area (Å²) in [6.07, 6.45) is -23.8. The zero-order valence-electron chi connectivity index (χ0n) is 33.3. The number of aliphatic hydroxyl groups excluding tert-OH is 13. The van der Waals surface area contributed by atoms with Crippen molar-refractivity contribution in [3.05, 3.63) is 0 Å². The Balaban J connectivity index is 3.54. The smallest absolute Gasteiger partial charge is 0.234 e. The first-order valence-electron chi connectivity index (χ1n) is 19.0. The monoisotopic (exact) mass is 806 g/mol. The Hall–Kier alpha value is -0.760. The van der Waals surface area contributed by atoms with Crippen molar-refractivity contribution < 1.29 is 94.8 Å². The number of rotatable bonds is 24. The highest BCUT2D eigenvalue weighted by Crippen LogP contribution is 2.67. The molecule has 0 radical (unpaired) electrons. The molecule has 0 bridgehead atoms. The van der Waals surface area contributed by atoms with Gasteiger partial charge < -0.3 is 94.8 Å². The molecule has 0 aliphatic carbocycles. The maximum absolute atomic E-state index is 11.7. The lowest BCUT2D eigenvalue weighted by molar-refractivity contribution is -0.450. The van der Waals surface area contributed by atoms with Crippen LogP contribution in [0.4, 0.5) is 0 Å². The third kappa shape index (κ3) is 10.7. The summed E-state index contributed by atoms with van der Waals surface area (Å²) in [4.78, 5) is 0. The quantitative estimate of drug-likeness (QED) is 0.0451. The lowest BCUT2D eigenvalue weighted by Crippen LogP contribution is -2.78. The fraction of sp³-hybridized carbons (Fsp3) is 1.00. The van der Waals surface area contributed by atoms with Crippen LogP contribution in [-0.4, -0.2) is 207 Å². The van der Waals surface area contributed by atoms with E-state index in [1.807, 2.05) is 0 Å². The molecule has 0 aromatic carbocycles. The minimum Gasteiger partial charge on any atom is -0.394 e. The van der Waals surface area contributed by atoms with Gasteiger partial charge in [-0.1, -0.05) is 0 Å². The van der Waals surface area contributed by atoms with Crippen molar-refractivity contribution in [2.24, 2.45) is 0 Å². The van der Waals surface area contributed by atoms with Crippen LogP contribution in [0, 0.1) is 0 Å². The third-order valence-electron chi connectivity index (χ3n) is 10.0. The van der Waals surface area contributed by atoms with Gasteiger partial charge in [0.05, 0.1) is 81.9 Å². The highest BCUT2D eigenvalue weighted by molar-refractivity contribution is 5.31. The van der Waals surface area contributed by atoms with Gasteiger partial charge in [0.15, 0.2) is 11.9 Å². The first-order chi connectivity index (χ1) is 25.4. The molecule has 2 aliphatic heterocycles. The van der Waals surface area contributed by atoms with Gasteiger partial charge in [-0.05, 0) is 55.4 Å². The second-order valence-electron chi connectivity index (χ2n) is 16.1. The Morgan fingerprint density at radius 3 is 1.42 bits per heavy atom. The fourth-order valence-electron chi connectivity index (χ4n) is 8.38. The summed E-state index contributed by atoms with van der Waals surface area (Å²) in [5, 5.41) is 144. The van der Waals surface area contributed by atoms with Crippen LogP contribution in [0.1, 0.15) is 87.5 Å². The molecule has 2 rings (SSSR count). The third-order valence-corrected chi connectivity index (χ3v) is 10.0. The molecule has 17 atom stereocenters. The highest BCUT2D eigenvalue weighted by atomic mass is 16.8. The van der Waals surface area contributed by atoms with Gasteiger partial charge in [0, 0.05) is 32.1 Å². The van der Waals surface area contributed by atoms with Crippen LogP contribution >= 0.6 is 0 Å². The zero-order valence-corrected chi connectivity index (χ0v) is 33.3. The van der Waals surface area contributed by atoms with E-state index in [1.54, 1.807) is 0 Å². The minimum atomic E-state index is -2.98. The molecular weight excluding hydrogens is 736 g/mol. The van der Waals surface area contributed by atoms with Crippen LogP contribution in [0.25, 0.3) is 0 Å². The average molecular weight is 807 g/mol. The van der Waals surface area contributed by atoms with Crippen molar-refractivity contribution in [2.75, 3.05) is 33.0 Å². The van der Waals surface area contributed by atoms with Crippen LogP contribution in [0.3, 0.4) is 0 Å². The topological polar surface area (TPSA) is 318 Å². The molecule has 0 aromatic heterocycles. The summed E-state index contributed by atoms with van der Waals surface area (Å²) < 4.78 is 39.6. The Morgan fingerprint density at radius 1 is 0.564 bits per heavy atom. The van der Waals surface area contributed by atoms with E-state index in [-0.39, 0.29) is 0 Å². The first-order valence-corrected chi connectivity index (χ1v) is 19.0. The van der Waals surface area contributed by atoms with E-state index >= 15 is 0 Å². The summed E-state index contributed by atoms with van der Waals surface area (Å²) >= 11 is 0. The van der Waals surface area contributed by atoms with Crippen molar-refractivity contribution in [1.82, 2.24) is 0 Å². The molecule has 0 amide bonds. The van der Waals surface area contributed by atoms with Crippen molar-refractivity contribution >= 4 is 0 Å². The number of ether oxygens (including phenoxy) is 6. The number of hydrogen-bond donors (Lipinski definition) is 13. The fourth-order valence-corrected chi connectivity index (χ4v) is 8.38. The molecule has 19 nitrogen and oxygen atoms in total. The molecule has 0 spiro atoms. The number of hydrogen-bond acceptors (Lipinski definition) is 19. The molecule has 2 fully saturated rings. The second kappa shape index (κ2) is 20.5. The van der Waals surface area contributed by atoms with E-state index < -0.39 is 173 Å². The van der Waals surface area contributed by atoms with E-state index in [0.717, 1.165) is 0 Å². The molecule has 0 saturated carbocycles. The van der Waals surface area contributed by atoms with Gasteiger partial charge in [0.25, 0.3) is 0 Å². The van der Waals surface area contributed by atoms with E-state index in [2.05, 4.69) is 0 Å². The molecular formula is C36H70O19. The number of aliphatic hydroxyl groups is 13. The molecule has 2 aliphatic rings.